The Hall–Kier alpha value is -3.15. The summed E-state index contributed by atoms with van der Waals surface area (Å²) in [6.07, 6.45) is 2.50. The van der Waals surface area contributed by atoms with Crippen LogP contribution in [0.2, 0.25) is 0 Å². The molecule has 0 saturated carbocycles. The molecular formula is C15H11NO5. The minimum Gasteiger partial charge on any atom is -0.507 e. The summed E-state index contributed by atoms with van der Waals surface area (Å²) in [5, 5.41) is 30.0. The zero-order chi connectivity index (χ0) is 15.4. The number of rotatable bonds is 4. The molecule has 0 unspecified atom stereocenters. The molecule has 0 saturated heterocycles. The van der Waals surface area contributed by atoms with Crippen molar-refractivity contribution in [2.75, 3.05) is 0 Å². The lowest BCUT2D eigenvalue weighted by atomic mass is 10.1. The van der Waals surface area contributed by atoms with Crippen molar-refractivity contribution in [1.29, 1.82) is 0 Å². The fraction of sp³-hybridized carbons (Fsp3) is 0. The molecule has 0 atom stereocenters. The number of nitro groups is 1. The molecule has 0 bridgehead atoms. The maximum Gasteiger partial charge on any atom is 0.311 e. The Labute approximate surface area is 119 Å². The first kappa shape index (κ1) is 14.3. The number of nitro benzene ring substituents is 1. The zero-order valence-electron chi connectivity index (χ0n) is 10.8. The SMILES string of the molecule is O=C(/C=C/c1ccccc1O)c1cccc([N+](=O)[O-])c1O. The third-order valence-corrected chi connectivity index (χ3v) is 2.83. The minimum absolute atomic E-state index is 0.00446. The van der Waals surface area contributed by atoms with Gasteiger partial charge in [0, 0.05) is 11.6 Å². The quantitative estimate of drug-likeness (QED) is 0.389. The molecule has 0 aliphatic heterocycles. The fourth-order valence-corrected chi connectivity index (χ4v) is 1.76. The van der Waals surface area contributed by atoms with Gasteiger partial charge < -0.3 is 10.2 Å². The summed E-state index contributed by atoms with van der Waals surface area (Å²) in [4.78, 5) is 21.9. The molecule has 0 radical (unpaired) electrons. The van der Waals surface area contributed by atoms with Crippen molar-refractivity contribution < 1.29 is 19.9 Å². The lowest BCUT2D eigenvalue weighted by molar-refractivity contribution is -0.385. The fourth-order valence-electron chi connectivity index (χ4n) is 1.76. The molecule has 2 N–H and O–H groups in total. The van der Waals surface area contributed by atoms with Crippen molar-refractivity contribution in [1.82, 2.24) is 0 Å². The summed E-state index contributed by atoms with van der Waals surface area (Å²) in [6, 6.07) is 10.1. The highest BCUT2D eigenvalue weighted by atomic mass is 16.6. The van der Waals surface area contributed by atoms with Crippen LogP contribution >= 0.6 is 0 Å². The Morgan fingerprint density at radius 1 is 1.10 bits per heavy atom. The summed E-state index contributed by atoms with van der Waals surface area (Å²) in [5.41, 5.74) is -0.275. The van der Waals surface area contributed by atoms with Gasteiger partial charge in [0.25, 0.3) is 0 Å². The van der Waals surface area contributed by atoms with E-state index in [1.807, 2.05) is 0 Å². The highest BCUT2D eigenvalue weighted by molar-refractivity contribution is 6.09. The van der Waals surface area contributed by atoms with Crippen LogP contribution in [-0.2, 0) is 0 Å². The second kappa shape index (κ2) is 5.87. The predicted octanol–water partition coefficient (Wildman–Crippen LogP) is 2.90. The highest BCUT2D eigenvalue weighted by Crippen LogP contribution is 2.30. The number of hydrogen-bond donors (Lipinski definition) is 2. The van der Waals surface area contributed by atoms with Crippen molar-refractivity contribution in [2.45, 2.75) is 0 Å². The number of phenols is 2. The van der Waals surface area contributed by atoms with Gasteiger partial charge in [-0.2, -0.15) is 0 Å². The van der Waals surface area contributed by atoms with E-state index in [0.29, 0.717) is 5.56 Å². The third-order valence-electron chi connectivity index (χ3n) is 2.83. The standard InChI is InChI=1S/C15H11NO5/c17-13-7-2-1-4-10(13)8-9-14(18)11-5-3-6-12(15(11)19)16(20)21/h1-9,17,19H/b9-8+. The summed E-state index contributed by atoms with van der Waals surface area (Å²) in [7, 11) is 0. The van der Waals surface area contributed by atoms with Gasteiger partial charge in [0.2, 0.25) is 5.75 Å². The van der Waals surface area contributed by atoms with Crippen molar-refractivity contribution in [2.24, 2.45) is 0 Å². The molecule has 6 nitrogen and oxygen atoms in total. The summed E-state index contributed by atoms with van der Waals surface area (Å²) in [5.74, 6) is -1.27. The number of nitrogens with zero attached hydrogens (tertiary/aromatic N) is 1. The maximum absolute atomic E-state index is 12.0. The molecule has 0 amide bonds. The first-order valence-electron chi connectivity index (χ1n) is 5.97. The average Bonchev–Trinajstić information content (AvgIpc) is 2.46. The molecule has 2 aromatic carbocycles. The van der Waals surface area contributed by atoms with Crippen LogP contribution < -0.4 is 0 Å². The minimum atomic E-state index is -0.765. The molecule has 0 aliphatic carbocycles. The van der Waals surface area contributed by atoms with Crippen LogP contribution in [0.5, 0.6) is 11.5 Å². The Bertz CT molecular complexity index is 737. The van der Waals surface area contributed by atoms with E-state index in [0.717, 1.165) is 12.1 Å². The van der Waals surface area contributed by atoms with Gasteiger partial charge in [0.1, 0.15) is 5.75 Å². The van der Waals surface area contributed by atoms with E-state index >= 15 is 0 Å². The number of carbonyl (C=O) groups is 1. The van der Waals surface area contributed by atoms with Gasteiger partial charge in [-0.05, 0) is 24.3 Å². The van der Waals surface area contributed by atoms with E-state index in [2.05, 4.69) is 0 Å². The molecule has 0 aromatic heterocycles. The van der Waals surface area contributed by atoms with Gasteiger partial charge in [0.15, 0.2) is 5.78 Å². The number of allylic oxidation sites excluding steroid dienone is 1. The van der Waals surface area contributed by atoms with Gasteiger partial charge in [-0.25, -0.2) is 0 Å². The number of ketones is 1. The molecule has 2 aromatic rings. The van der Waals surface area contributed by atoms with E-state index in [4.69, 9.17) is 0 Å². The number of phenolic OH excluding ortho intramolecular Hbond substituents is 2. The van der Waals surface area contributed by atoms with Crippen molar-refractivity contribution >= 4 is 17.5 Å². The Morgan fingerprint density at radius 2 is 1.81 bits per heavy atom. The second-order valence-electron chi connectivity index (χ2n) is 4.19. The maximum atomic E-state index is 12.0. The molecule has 21 heavy (non-hydrogen) atoms. The van der Waals surface area contributed by atoms with E-state index in [1.165, 1.54) is 24.3 Å². The molecule has 0 aliphatic rings. The van der Waals surface area contributed by atoms with E-state index in [9.17, 15) is 25.1 Å². The summed E-state index contributed by atoms with van der Waals surface area (Å²) >= 11 is 0. The predicted molar refractivity (Wildman–Crippen MR) is 76.2 cm³/mol. The van der Waals surface area contributed by atoms with Gasteiger partial charge in [-0.3, -0.25) is 14.9 Å². The van der Waals surface area contributed by atoms with Crippen LogP contribution in [0, 0.1) is 10.1 Å². The summed E-state index contributed by atoms with van der Waals surface area (Å²) in [6.45, 7) is 0. The van der Waals surface area contributed by atoms with Crippen molar-refractivity contribution in [3.05, 3.63) is 69.8 Å². The van der Waals surface area contributed by atoms with Crippen LogP contribution in [0.25, 0.3) is 6.08 Å². The lowest BCUT2D eigenvalue weighted by Crippen LogP contribution is -1.98. The molecule has 0 spiro atoms. The first-order valence-corrected chi connectivity index (χ1v) is 5.97. The molecule has 0 fully saturated rings. The first-order chi connectivity index (χ1) is 10.0. The van der Waals surface area contributed by atoms with E-state index in [-0.39, 0.29) is 11.3 Å². The van der Waals surface area contributed by atoms with Gasteiger partial charge in [0.05, 0.1) is 10.5 Å². The lowest BCUT2D eigenvalue weighted by Gasteiger charge is -2.01. The van der Waals surface area contributed by atoms with Gasteiger partial charge in [-0.15, -0.1) is 0 Å². The average molecular weight is 285 g/mol. The number of para-hydroxylation sites is 2. The van der Waals surface area contributed by atoms with Crippen molar-refractivity contribution in [3.8, 4) is 11.5 Å². The Kier molecular flexibility index (Phi) is 3.99. The second-order valence-corrected chi connectivity index (χ2v) is 4.19. The molecule has 106 valence electrons. The smallest absolute Gasteiger partial charge is 0.311 e. The monoisotopic (exact) mass is 285 g/mol. The van der Waals surface area contributed by atoms with E-state index < -0.39 is 22.1 Å². The molecular weight excluding hydrogens is 274 g/mol. The van der Waals surface area contributed by atoms with Crippen LogP contribution in [0.1, 0.15) is 15.9 Å². The number of hydrogen-bond acceptors (Lipinski definition) is 5. The van der Waals surface area contributed by atoms with Crippen LogP contribution in [0.3, 0.4) is 0 Å². The topological polar surface area (TPSA) is 101 Å². The zero-order valence-corrected chi connectivity index (χ0v) is 10.8. The molecule has 0 heterocycles. The highest BCUT2D eigenvalue weighted by Gasteiger charge is 2.19. The van der Waals surface area contributed by atoms with Crippen molar-refractivity contribution in [3.63, 3.8) is 0 Å². The largest absolute Gasteiger partial charge is 0.507 e. The van der Waals surface area contributed by atoms with E-state index in [1.54, 1.807) is 18.2 Å². The Morgan fingerprint density at radius 3 is 2.48 bits per heavy atom. The normalized spacial score (nSPS) is 10.7. The third kappa shape index (κ3) is 3.06. The number of carbonyl (C=O) groups excluding carboxylic acids is 1. The number of benzene rings is 2. The van der Waals surface area contributed by atoms with Crippen LogP contribution in [0.15, 0.2) is 48.5 Å². The van der Waals surface area contributed by atoms with Gasteiger partial charge >= 0.3 is 5.69 Å². The summed E-state index contributed by atoms with van der Waals surface area (Å²) < 4.78 is 0. The molecule has 6 heteroatoms. The van der Waals surface area contributed by atoms with Gasteiger partial charge in [-0.1, -0.05) is 24.3 Å². The van der Waals surface area contributed by atoms with Crippen LogP contribution in [-0.4, -0.2) is 20.9 Å². The van der Waals surface area contributed by atoms with Crippen LogP contribution in [0.4, 0.5) is 5.69 Å². The number of aromatic hydroxyl groups is 2. The Balaban J connectivity index is 2.32. The molecule has 2 rings (SSSR count).